The highest BCUT2D eigenvalue weighted by Crippen LogP contribution is 2.24. The predicted molar refractivity (Wildman–Crippen MR) is 108 cm³/mol. The van der Waals surface area contributed by atoms with E-state index in [-0.39, 0.29) is 16.3 Å². The van der Waals surface area contributed by atoms with Crippen LogP contribution in [-0.2, 0) is 10.5 Å². The summed E-state index contributed by atoms with van der Waals surface area (Å²) in [7, 11) is 0. The van der Waals surface area contributed by atoms with Gasteiger partial charge in [-0.2, -0.15) is 11.8 Å². The molecule has 0 aliphatic heterocycles. The van der Waals surface area contributed by atoms with Gasteiger partial charge >= 0.3 is 5.97 Å². The lowest BCUT2D eigenvalue weighted by atomic mass is 10.2. The average Bonchev–Trinajstić information content (AvgIpc) is 2.55. The van der Waals surface area contributed by atoms with Crippen molar-refractivity contribution in [3.8, 4) is 0 Å². The van der Waals surface area contributed by atoms with Crippen molar-refractivity contribution in [2.45, 2.75) is 11.8 Å². The van der Waals surface area contributed by atoms with Crippen LogP contribution in [0.1, 0.15) is 15.9 Å². The van der Waals surface area contributed by atoms with Gasteiger partial charge in [0.25, 0.3) is 5.91 Å². The van der Waals surface area contributed by atoms with Crippen LogP contribution in [0.25, 0.3) is 0 Å². The molecular formula is C17H13Cl4NO3S. The molecule has 4 nitrogen and oxygen atoms in total. The third-order valence-electron chi connectivity index (χ3n) is 3.26. The number of carbonyl (C=O) groups excluding carboxylic acids is 1. The number of amides is 1. The monoisotopic (exact) mass is 451 g/mol. The molecule has 2 aromatic rings. The van der Waals surface area contributed by atoms with E-state index in [2.05, 4.69) is 5.32 Å². The number of carbonyl (C=O) groups is 2. The van der Waals surface area contributed by atoms with Crippen LogP contribution in [-0.4, -0.2) is 28.8 Å². The summed E-state index contributed by atoms with van der Waals surface area (Å²) >= 11 is 24.9. The Bertz CT molecular complexity index is 811. The minimum Gasteiger partial charge on any atom is -0.480 e. The van der Waals surface area contributed by atoms with Crippen molar-refractivity contribution >= 4 is 70.0 Å². The van der Waals surface area contributed by atoms with Gasteiger partial charge in [-0.15, -0.1) is 0 Å². The zero-order chi connectivity index (χ0) is 19.3. The van der Waals surface area contributed by atoms with E-state index in [1.165, 1.54) is 30.0 Å². The molecule has 0 saturated carbocycles. The third kappa shape index (κ3) is 6.25. The largest absolute Gasteiger partial charge is 0.480 e. The van der Waals surface area contributed by atoms with Gasteiger partial charge in [0, 0.05) is 27.1 Å². The summed E-state index contributed by atoms with van der Waals surface area (Å²) in [6, 6.07) is 8.41. The number of thioether (sulfide) groups is 1. The molecule has 2 N–H and O–H groups in total. The number of aliphatic carboxylic acids is 1. The molecule has 0 aromatic heterocycles. The normalized spacial score (nSPS) is 11.8. The molecule has 1 amide bonds. The first-order chi connectivity index (χ1) is 12.3. The van der Waals surface area contributed by atoms with Crippen LogP contribution >= 0.6 is 58.2 Å². The highest BCUT2D eigenvalue weighted by molar-refractivity contribution is 7.98. The summed E-state index contributed by atoms with van der Waals surface area (Å²) in [4.78, 5) is 23.6. The predicted octanol–water partition coefficient (Wildman–Crippen LogP) is 5.42. The molecule has 2 aromatic carbocycles. The second-order valence-electron chi connectivity index (χ2n) is 5.29. The summed E-state index contributed by atoms with van der Waals surface area (Å²) in [6.45, 7) is 0. The van der Waals surface area contributed by atoms with Crippen molar-refractivity contribution in [3.63, 3.8) is 0 Å². The van der Waals surface area contributed by atoms with Gasteiger partial charge in [-0.25, -0.2) is 4.79 Å². The fourth-order valence-corrected chi connectivity index (χ4v) is 3.89. The molecule has 0 radical (unpaired) electrons. The van der Waals surface area contributed by atoms with Crippen molar-refractivity contribution in [1.82, 2.24) is 5.32 Å². The maximum Gasteiger partial charge on any atom is 0.327 e. The second-order valence-corrected chi connectivity index (χ2v) is 8.00. The third-order valence-corrected chi connectivity index (χ3v) is 5.54. The first kappa shape index (κ1) is 21.2. The summed E-state index contributed by atoms with van der Waals surface area (Å²) in [6.07, 6.45) is 0. The lowest BCUT2D eigenvalue weighted by Crippen LogP contribution is -2.42. The van der Waals surface area contributed by atoms with E-state index < -0.39 is 17.9 Å². The topological polar surface area (TPSA) is 66.4 Å². The van der Waals surface area contributed by atoms with Gasteiger partial charge in [-0.05, 0) is 42.0 Å². The average molecular weight is 453 g/mol. The Morgan fingerprint density at radius 2 is 1.65 bits per heavy atom. The number of benzene rings is 2. The van der Waals surface area contributed by atoms with Gasteiger partial charge in [-0.3, -0.25) is 4.79 Å². The van der Waals surface area contributed by atoms with Gasteiger partial charge in [0.15, 0.2) is 0 Å². The van der Waals surface area contributed by atoms with Gasteiger partial charge < -0.3 is 10.4 Å². The molecule has 1 atom stereocenters. The molecule has 0 saturated heterocycles. The molecule has 0 spiro atoms. The maximum atomic E-state index is 12.2. The Hall–Kier alpha value is -1.11. The van der Waals surface area contributed by atoms with E-state index >= 15 is 0 Å². The summed E-state index contributed by atoms with van der Waals surface area (Å²) in [5, 5.41) is 13.4. The molecular weight excluding hydrogens is 440 g/mol. The smallest absolute Gasteiger partial charge is 0.327 e. The van der Waals surface area contributed by atoms with Crippen molar-refractivity contribution < 1.29 is 14.7 Å². The van der Waals surface area contributed by atoms with Crippen LogP contribution in [0.2, 0.25) is 20.1 Å². The number of hydrogen-bond acceptors (Lipinski definition) is 3. The summed E-state index contributed by atoms with van der Waals surface area (Å²) in [5.74, 6) is -0.989. The van der Waals surface area contributed by atoms with Gasteiger partial charge in [0.1, 0.15) is 6.04 Å². The van der Waals surface area contributed by atoms with Crippen molar-refractivity contribution in [2.75, 3.05) is 5.75 Å². The molecule has 0 bridgehead atoms. The molecule has 1 unspecified atom stereocenters. The summed E-state index contributed by atoms with van der Waals surface area (Å²) < 4.78 is 0. The van der Waals surface area contributed by atoms with Crippen LogP contribution < -0.4 is 5.32 Å². The number of carboxylic acid groups (broad SMARTS) is 1. The minimum absolute atomic E-state index is 0.173. The molecule has 0 heterocycles. The Labute approximate surface area is 174 Å². The van der Waals surface area contributed by atoms with Crippen LogP contribution in [0, 0.1) is 0 Å². The highest BCUT2D eigenvalue weighted by atomic mass is 35.5. The van der Waals surface area contributed by atoms with E-state index in [1.54, 1.807) is 18.2 Å². The second kappa shape index (κ2) is 9.72. The van der Waals surface area contributed by atoms with Crippen LogP contribution in [0.15, 0.2) is 36.4 Å². The lowest BCUT2D eigenvalue weighted by Gasteiger charge is -2.14. The van der Waals surface area contributed by atoms with E-state index in [0.717, 1.165) is 5.56 Å². The molecule has 0 aliphatic rings. The molecule has 138 valence electrons. The first-order valence-electron chi connectivity index (χ1n) is 7.27. The Kier molecular flexibility index (Phi) is 7.92. The fraction of sp³-hybridized carbons (Fsp3) is 0.176. The van der Waals surface area contributed by atoms with Crippen LogP contribution in [0.5, 0.6) is 0 Å². The minimum atomic E-state index is -1.13. The fourth-order valence-electron chi connectivity index (χ4n) is 2.04. The highest BCUT2D eigenvalue weighted by Gasteiger charge is 2.21. The van der Waals surface area contributed by atoms with E-state index in [9.17, 15) is 14.7 Å². The van der Waals surface area contributed by atoms with E-state index in [1.807, 2.05) is 0 Å². The number of halogens is 4. The van der Waals surface area contributed by atoms with E-state index in [4.69, 9.17) is 46.4 Å². The summed E-state index contributed by atoms with van der Waals surface area (Å²) in [5.41, 5.74) is 1.10. The first-order valence-corrected chi connectivity index (χ1v) is 9.94. The van der Waals surface area contributed by atoms with E-state index in [0.29, 0.717) is 20.8 Å². The van der Waals surface area contributed by atoms with Gasteiger partial charge in [-0.1, -0.05) is 46.4 Å². The lowest BCUT2D eigenvalue weighted by molar-refractivity contribution is -0.138. The molecule has 26 heavy (non-hydrogen) atoms. The zero-order valence-corrected chi connectivity index (χ0v) is 17.0. The molecule has 0 aliphatic carbocycles. The quantitative estimate of drug-likeness (QED) is 0.588. The number of hydrogen-bond donors (Lipinski definition) is 2. The maximum absolute atomic E-state index is 12.2. The molecule has 9 heteroatoms. The SMILES string of the molecule is O=C(NC(CSCc1cc(Cl)cc(Cl)c1)C(=O)O)c1ccc(Cl)c(Cl)c1. The Balaban J connectivity index is 1.96. The van der Waals surface area contributed by atoms with Gasteiger partial charge in [0.05, 0.1) is 10.0 Å². The Morgan fingerprint density at radius 3 is 2.23 bits per heavy atom. The van der Waals surface area contributed by atoms with Crippen molar-refractivity contribution in [1.29, 1.82) is 0 Å². The van der Waals surface area contributed by atoms with Crippen LogP contribution in [0.4, 0.5) is 0 Å². The zero-order valence-electron chi connectivity index (χ0n) is 13.1. The number of rotatable bonds is 7. The molecule has 2 rings (SSSR count). The van der Waals surface area contributed by atoms with Crippen molar-refractivity contribution in [3.05, 3.63) is 67.6 Å². The standard InChI is InChI=1S/C17H13Cl4NO3S/c18-11-3-9(4-12(19)6-11)7-26-8-15(17(24)25)22-16(23)10-1-2-13(20)14(21)5-10/h1-6,15H,7-8H2,(H,22,23)(H,24,25). The number of carboxylic acids is 1. The Morgan fingerprint density at radius 1 is 1.00 bits per heavy atom. The van der Waals surface area contributed by atoms with Crippen molar-refractivity contribution in [2.24, 2.45) is 0 Å². The molecule has 0 fully saturated rings. The van der Waals surface area contributed by atoms with Gasteiger partial charge in [0.2, 0.25) is 0 Å². The van der Waals surface area contributed by atoms with Crippen LogP contribution in [0.3, 0.4) is 0 Å². The number of nitrogens with one attached hydrogen (secondary N) is 1.